The monoisotopic (exact) mass is 424 g/mol. The second-order valence-electron chi connectivity index (χ2n) is 6.58. The lowest BCUT2D eigenvalue weighted by Crippen LogP contribution is -2.08. The molecule has 6 nitrogen and oxygen atoms in total. The summed E-state index contributed by atoms with van der Waals surface area (Å²) in [5.74, 6) is -0.306. The SMILES string of the molecule is Cc1ncsc1CCOC(=O)CCCCCCC(=O)OCCc1scnc1C. The molecule has 28 heavy (non-hydrogen) atoms. The molecule has 8 heteroatoms. The molecular weight excluding hydrogens is 396 g/mol. The van der Waals surface area contributed by atoms with Crippen molar-refractivity contribution < 1.29 is 19.1 Å². The molecule has 0 N–H and O–H groups in total. The Morgan fingerprint density at radius 1 is 0.786 bits per heavy atom. The zero-order chi connectivity index (χ0) is 20.2. The van der Waals surface area contributed by atoms with E-state index in [0.717, 1.165) is 49.9 Å². The molecule has 0 aliphatic rings. The van der Waals surface area contributed by atoms with Crippen molar-refractivity contribution in [3.05, 3.63) is 32.2 Å². The van der Waals surface area contributed by atoms with Gasteiger partial charge >= 0.3 is 11.9 Å². The first kappa shape index (κ1) is 22.5. The maximum absolute atomic E-state index is 11.7. The highest BCUT2D eigenvalue weighted by atomic mass is 32.1. The van der Waals surface area contributed by atoms with Crippen LogP contribution in [0.15, 0.2) is 11.0 Å². The Hall–Kier alpha value is -1.80. The highest BCUT2D eigenvalue weighted by molar-refractivity contribution is 7.10. The zero-order valence-corrected chi connectivity index (χ0v) is 18.2. The summed E-state index contributed by atoms with van der Waals surface area (Å²) in [5.41, 5.74) is 5.64. The number of nitrogens with zero attached hydrogens (tertiary/aromatic N) is 2. The molecule has 0 aliphatic heterocycles. The third kappa shape index (κ3) is 8.48. The topological polar surface area (TPSA) is 78.4 Å². The summed E-state index contributed by atoms with van der Waals surface area (Å²) in [4.78, 5) is 34.1. The van der Waals surface area contributed by atoms with Crippen LogP contribution in [0.1, 0.15) is 59.7 Å². The lowest BCUT2D eigenvalue weighted by molar-refractivity contribution is -0.144. The first-order chi connectivity index (χ1) is 13.6. The summed E-state index contributed by atoms with van der Waals surface area (Å²) in [5, 5.41) is 0. The Morgan fingerprint density at radius 2 is 1.21 bits per heavy atom. The quantitative estimate of drug-likeness (QED) is 0.350. The van der Waals surface area contributed by atoms with E-state index in [9.17, 15) is 9.59 Å². The molecule has 0 atom stereocenters. The van der Waals surface area contributed by atoms with E-state index in [2.05, 4.69) is 9.97 Å². The summed E-state index contributed by atoms with van der Waals surface area (Å²) in [6, 6.07) is 0. The van der Waals surface area contributed by atoms with Gasteiger partial charge < -0.3 is 9.47 Å². The van der Waals surface area contributed by atoms with Crippen LogP contribution >= 0.6 is 22.7 Å². The second-order valence-corrected chi connectivity index (χ2v) is 8.46. The molecule has 0 bridgehead atoms. The van der Waals surface area contributed by atoms with Crippen LogP contribution in [0.3, 0.4) is 0 Å². The molecule has 2 aromatic rings. The number of unbranched alkanes of at least 4 members (excludes halogenated alkanes) is 3. The van der Waals surface area contributed by atoms with Crippen LogP contribution in [0.2, 0.25) is 0 Å². The van der Waals surface area contributed by atoms with E-state index in [4.69, 9.17) is 9.47 Å². The minimum absolute atomic E-state index is 0.153. The Morgan fingerprint density at radius 3 is 1.57 bits per heavy atom. The van der Waals surface area contributed by atoms with E-state index in [1.165, 1.54) is 9.75 Å². The van der Waals surface area contributed by atoms with Gasteiger partial charge in [0, 0.05) is 35.4 Å². The fraction of sp³-hybridized carbons (Fsp3) is 0.600. The van der Waals surface area contributed by atoms with Gasteiger partial charge in [-0.3, -0.25) is 9.59 Å². The number of hydrogen-bond acceptors (Lipinski definition) is 8. The number of esters is 2. The van der Waals surface area contributed by atoms with Gasteiger partial charge in [0.2, 0.25) is 0 Å². The summed E-state index contributed by atoms with van der Waals surface area (Å²) in [6.07, 6.45) is 5.73. The van der Waals surface area contributed by atoms with Crippen LogP contribution in [0.4, 0.5) is 0 Å². The molecule has 2 aromatic heterocycles. The van der Waals surface area contributed by atoms with Crippen molar-refractivity contribution in [2.75, 3.05) is 13.2 Å². The van der Waals surface area contributed by atoms with E-state index < -0.39 is 0 Å². The number of carbonyl (C=O) groups is 2. The number of aromatic nitrogens is 2. The highest BCUT2D eigenvalue weighted by Crippen LogP contribution is 2.14. The molecule has 0 radical (unpaired) electrons. The van der Waals surface area contributed by atoms with Gasteiger partial charge in [-0.05, 0) is 26.7 Å². The van der Waals surface area contributed by atoms with Crippen LogP contribution in [0, 0.1) is 13.8 Å². The van der Waals surface area contributed by atoms with Crippen molar-refractivity contribution in [2.45, 2.75) is 65.2 Å². The molecule has 2 heterocycles. The highest BCUT2D eigenvalue weighted by Gasteiger charge is 2.07. The predicted molar refractivity (Wildman–Crippen MR) is 111 cm³/mol. The van der Waals surface area contributed by atoms with Gasteiger partial charge in [0.1, 0.15) is 0 Å². The Balaban J connectivity index is 1.41. The number of aryl methyl sites for hydroxylation is 2. The summed E-state index contributed by atoms with van der Waals surface area (Å²) >= 11 is 3.19. The van der Waals surface area contributed by atoms with E-state index in [1.54, 1.807) is 22.7 Å². The minimum atomic E-state index is -0.153. The van der Waals surface area contributed by atoms with Gasteiger partial charge in [-0.25, -0.2) is 9.97 Å². The smallest absolute Gasteiger partial charge is 0.305 e. The van der Waals surface area contributed by atoms with Crippen molar-refractivity contribution in [1.29, 1.82) is 0 Å². The van der Waals surface area contributed by atoms with E-state index in [0.29, 0.717) is 26.1 Å². The predicted octanol–water partition coefficient (Wildman–Crippen LogP) is 4.43. The molecule has 0 aliphatic carbocycles. The van der Waals surface area contributed by atoms with Crippen molar-refractivity contribution in [2.24, 2.45) is 0 Å². The average Bonchev–Trinajstić information content (AvgIpc) is 3.26. The van der Waals surface area contributed by atoms with E-state index >= 15 is 0 Å². The number of hydrogen-bond donors (Lipinski definition) is 0. The standard InChI is InChI=1S/C20H28N2O4S2/c1-15-17(27-13-21-15)9-11-25-19(23)7-5-3-4-6-8-20(24)26-12-10-18-16(2)22-14-28-18/h13-14H,3-12H2,1-2H3. The normalized spacial score (nSPS) is 10.8. The first-order valence-electron chi connectivity index (χ1n) is 9.65. The minimum Gasteiger partial charge on any atom is -0.465 e. The molecule has 0 saturated heterocycles. The molecule has 2 rings (SSSR count). The number of carbonyl (C=O) groups excluding carboxylic acids is 2. The fourth-order valence-electron chi connectivity index (χ4n) is 2.68. The van der Waals surface area contributed by atoms with Crippen molar-refractivity contribution in [3.63, 3.8) is 0 Å². The molecule has 0 fully saturated rings. The fourth-order valence-corrected chi connectivity index (χ4v) is 4.21. The largest absolute Gasteiger partial charge is 0.465 e. The van der Waals surface area contributed by atoms with Gasteiger partial charge in [-0.2, -0.15) is 0 Å². The van der Waals surface area contributed by atoms with Crippen LogP contribution in [-0.4, -0.2) is 35.1 Å². The molecule has 154 valence electrons. The number of thiazole rings is 2. The van der Waals surface area contributed by atoms with E-state index in [-0.39, 0.29) is 11.9 Å². The lowest BCUT2D eigenvalue weighted by atomic mass is 10.1. The van der Waals surface area contributed by atoms with Crippen molar-refractivity contribution >= 4 is 34.6 Å². The zero-order valence-electron chi connectivity index (χ0n) is 16.6. The van der Waals surface area contributed by atoms with Crippen LogP contribution in [0.5, 0.6) is 0 Å². The van der Waals surface area contributed by atoms with Gasteiger partial charge in [-0.1, -0.05) is 12.8 Å². The number of ether oxygens (including phenoxy) is 2. The van der Waals surface area contributed by atoms with Gasteiger partial charge in [0.25, 0.3) is 0 Å². The Labute approximate surface area is 174 Å². The molecule has 0 saturated carbocycles. The van der Waals surface area contributed by atoms with Crippen molar-refractivity contribution in [3.8, 4) is 0 Å². The average molecular weight is 425 g/mol. The van der Waals surface area contributed by atoms with Gasteiger partial charge in [-0.15, -0.1) is 22.7 Å². The molecule has 0 aromatic carbocycles. The van der Waals surface area contributed by atoms with Gasteiger partial charge in [0.15, 0.2) is 0 Å². The third-order valence-corrected chi connectivity index (χ3v) is 6.38. The van der Waals surface area contributed by atoms with Crippen LogP contribution < -0.4 is 0 Å². The molecular formula is C20H28N2O4S2. The van der Waals surface area contributed by atoms with Gasteiger partial charge in [0.05, 0.1) is 35.6 Å². The Kier molecular flexibility index (Phi) is 10.1. The maximum Gasteiger partial charge on any atom is 0.305 e. The first-order valence-corrected chi connectivity index (χ1v) is 11.4. The molecule has 0 unspecified atom stereocenters. The summed E-state index contributed by atoms with van der Waals surface area (Å²) < 4.78 is 10.5. The third-order valence-electron chi connectivity index (χ3n) is 4.39. The summed E-state index contributed by atoms with van der Waals surface area (Å²) in [6.45, 7) is 4.75. The number of rotatable bonds is 13. The van der Waals surface area contributed by atoms with Crippen molar-refractivity contribution in [1.82, 2.24) is 9.97 Å². The lowest BCUT2D eigenvalue weighted by Gasteiger charge is -2.05. The second kappa shape index (κ2) is 12.6. The molecule has 0 amide bonds. The maximum atomic E-state index is 11.7. The van der Waals surface area contributed by atoms with Crippen LogP contribution in [0.25, 0.3) is 0 Å². The summed E-state index contributed by atoms with van der Waals surface area (Å²) in [7, 11) is 0. The Bertz CT molecular complexity index is 680. The molecule has 0 spiro atoms. The van der Waals surface area contributed by atoms with Crippen LogP contribution in [-0.2, 0) is 31.9 Å². The van der Waals surface area contributed by atoms with E-state index in [1.807, 2.05) is 24.9 Å².